The predicted octanol–water partition coefficient (Wildman–Crippen LogP) is 12.5. The van der Waals surface area contributed by atoms with E-state index in [-0.39, 0.29) is 0 Å². The molecule has 234 valence electrons. The van der Waals surface area contributed by atoms with Crippen LogP contribution in [0.5, 0.6) is 0 Å². The standard InChI is InChI=1S/C45H27N3OS/c1-2-11-29(12-3-1)43-46-44(30-25-23-28(24-26-30)33-17-9-19-37-35-15-4-6-21-39(35)49-41(33)37)48-45(47-43)32-14-8-13-31(27-32)34-18-10-20-38-36-16-5-7-22-40(36)50-42(34)38/h1-27H. The summed E-state index contributed by atoms with van der Waals surface area (Å²) in [7, 11) is 0. The van der Waals surface area contributed by atoms with Crippen molar-refractivity contribution in [3.05, 3.63) is 164 Å². The van der Waals surface area contributed by atoms with Gasteiger partial charge in [-0.05, 0) is 34.9 Å². The van der Waals surface area contributed by atoms with Crippen LogP contribution in [0.1, 0.15) is 0 Å². The van der Waals surface area contributed by atoms with Crippen LogP contribution in [0.25, 0.3) is 98.5 Å². The fourth-order valence-electron chi connectivity index (χ4n) is 6.92. The van der Waals surface area contributed by atoms with Gasteiger partial charge >= 0.3 is 0 Å². The first-order valence-electron chi connectivity index (χ1n) is 16.6. The summed E-state index contributed by atoms with van der Waals surface area (Å²) in [4.78, 5) is 15.1. The van der Waals surface area contributed by atoms with E-state index in [1.54, 1.807) is 0 Å². The van der Waals surface area contributed by atoms with Crippen molar-refractivity contribution in [2.24, 2.45) is 0 Å². The number of nitrogens with zero attached hydrogens (tertiary/aromatic N) is 3. The minimum atomic E-state index is 0.624. The molecule has 0 aliphatic rings. The van der Waals surface area contributed by atoms with Gasteiger partial charge in [0.2, 0.25) is 0 Å². The molecular formula is C45H27N3OS. The maximum absolute atomic E-state index is 6.33. The lowest BCUT2D eigenvalue weighted by Crippen LogP contribution is -2.00. The first kappa shape index (κ1) is 28.6. The van der Waals surface area contributed by atoms with Crippen LogP contribution in [0, 0.1) is 0 Å². The van der Waals surface area contributed by atoms with Gasteiger partial charge in [-0.25, -0.2) is 15.0 Å². The van der Waals surface area contributed by atoms with Gasteiger partial charge in [-0.2, -0.15) is 0 Å². The number of rotatable bonds is 5. The third kappa shape index (κ3) is 4.79. The topological polar surface area (TPSA) is 51.8 Å². The van der Waals surface area contributed by atoms with E-state index in [9.17, 15) is 0 Å². The highest BCUT2D eigenvalue weighted by Crippen LogP contribution is 2.41. The van der Waals surface area contributed by atoms with E-state index >= 15 is 0 Å². The summed E-state index contributed by atoms with van der Waals surface area (Å²) in [5.41, 5.74) is 9.04. The first-order valence-corrected chi connectivity index (χ1v) is 17.4. The Balaban J connectivity index is 1.08. The average molecular weight is 658 g/mol. The van der Waals surface area contributed by atoms with Crippen LogP contribution in [-0.4, -0.2) is 15.0 Å². The van der Waals surface area contributed by atoms with Gasteiger partial charge in [-0.3, -0.25) is 0 Å². The van der Waals surface area contributed by atoms with Crippen LogP contribution < -0.4 is 0 Å². The number of fused-ring (bicyclic) bond motifs is 6. The van der Waals surface area contributed by atoms with Crippen molar-refractivity contribution in [3.8, 4) is 56.4 Å². The molecule has 0 radical (unpaired) electrons. The summed E-state index contributed by atoms with van der Waals surface area (Å²) in [5, 5.41) is 4.81. The van der Waals surface area contributed by atoms with Gasteiger partial charge in [-0.15, -0.1) is 11.3 Å². The first-order chi connectivity index (χ1) is 24.8. The van der Waals surface area contributed by atoms with Crippen molar-refractivity contribution in [1.29, 1.82) is 0 Å². The highest BCUT2D eigenvalue weighted by Gasteiger charge is 2.16. The van der Waals surface area contributed by atoms with Crippen LogP contribution in [0.3, 0.4) is 0 Å². The number of para-hydroxylation sites is 2. The third-order valence-electron chi connectivity index (χ3n) is 9.36. The van der Waals surface area contributed by atoms with Gasteiger partial charge in [0.25, 0.3) is 0 Å². The second-order valence-electron chi connectivity index (χ2n) is 12.4. The maximum Gasteiger partial charge on any atom is 0.164 e. The number of hydrogen-bond acceptors (Lipinski definition) is 5. The van der Waals surface area contributed by atoms with Crippen molar-refractivity contribution in [2.45, 2.75) is 0 Å². The Morgan fingerprint density at radius 2 is 0.940 bits per heavy atom. The molecule has 0 spiro atoms. The lowest BCUT2D eigenvalue weighted by Gasteiger charge is -2.10. The fourth-order valence-corrected chi connectivity index (χ4v) is 8.16. The van der Waals surface area contributed by atoms with Crippen molar-refractivity contribution < 1.29 is 4.42 Å². The van der Waals surface area contributed by atoms with E-state index in [1.165, 1.54) is 25.7 Å². The quantitative estimate of drug-likeness (QED) is 0.185. The molecule has 5 heteroatoms. The normalized spacial score (nSPS) is 11.6. The van der Waals surface area contributed by atoms with Gasteiger partial charge in [0, 0.05) is 53.2 Å². The van der Waals surface area contributed by atoms with E-state index in [1.807, 2.05) is 59.9 Å². The zero-order valence-corrected chi connectivity index (χ0v) is 27.6. The van der Waals surface area contributed by atoms with E-state index < -0.39 is 0 Å². The molecule has 0 saturated carbocycles. The third-order valence-corrected chi connectivity index (χ3v) is 10.6. The van der Waals surface area contributed by atoms with Crippen LogP contribution >= 0.6 is 11.3 Å². The van der Waals surface area contributed by atoms with Gasteiger partial charge in [-0.1, -0.05) is 146 Å². The highest BCUT2D eigenvalue weighted by molar-refractivity contribution is 7.26. The van der Waals surface area contributed by atoms with Gasteiger partial charge in [0.1, 0.15) is 11.2 Å². The molecule has 0 saturated heterocycles. The van der Waals surface area contributed by atoms with Crippen molar-refractivity contribution in [3.63, 3.8) is 0 Å². The summed E-state index contributed by atoms with van der Waals surface area (Å²) in [6, 6.07) is 56.8. The molecule has 50 heavy (non-hydrogen) atoms. The van der Waals surface area contributed by atoms with E-state index in [0.29, 0.717) is 17.5 Å². The SMILES string of the molecule is c1ccc(-c2nc(-c3ccc(-c4cccc5c4oc4ccccc45)cc3)nc(-c3cccc(-c4cccc5c4sc4ccccc45)c3)n2)cc1. The second-order valence-corrected chi connectivity index (χ2v) is 13.4. The summed E-state index contributed by atoms with van der Waals surface area (Å²) >= 11 is 1.84. The average Bonchev–Trinajstić information content (AvgIpc) is 3.77. The number of aromatic nitrogens is 3. The van der Waals surface area contributed by atoms with Crippen LogP contribution in [0.4, 0.5) is 0 Å². The molecular weight excluding hydrogens is 631 g/mol. The van der Waals surface area contributed by atoms with Crippen molar-refractivity contribution >= 4 is 53.4 Å². The Morgan fingerprint density at radius 1 is 0.380 bits per heavy atom. The van der Waals surface area contributed by atoms with Crippen LogP contribution in [0.2, 0.25) is 0 Å². The van der Waals surface area contributed by atoms with Gasteiger partial charge in [0.05, 0.1) is 0 Å². The molecule has 7 aromatic carbocycles. The van der Waals surface area contributed by atoms with Crippen molar-refractivity contribution in [2.75, 3.05) is 0 Å². The second kappa shape index (κ2) is 11.6. The van der Waals surface area contributed by atoms with E-state index in [2.05, 4.69) is 115 Å². The van der Waals surface area contributed by atoms with Crippen LogP contribution in [0.15, 0.2) is 168 Å². The fraction of sp³-hybridized carbons (Fsp3) is 0. The zero-order chi connectivity index (χ0) is 33.0. The number of hydrogen-bond donors (Lipinski definition) is 0. The van der Waals surface area contributed by atoms with E-state index in [0.717, 1.165) is 55.3 Å². The van der Waals surface area contributed by atoms with Crippen LogP contribution in [-0.2, 0) is 0 Å². The molecule has 0 amide bonds. The smallest absolute Gasteiger partial charge is 0.164 e. The molecule has 10 rings (SSSR count). The monoisotopic (exact) mass is 657 g/mol. The van der Waals surface area contributed by atoms with Crippen molar-refractivity contribution in [1.82, 2.24) is 15.0 Å². The largest absolute Gasteiger partial charge is 0.455 e. The minimum absolute atomic E-state index is 0.624. The Morgan fingerprint density at radius 3 is 1.76 bits per heavy atom. The molecule has 0 aliphatic heterocycles. The summed E-state index contributed by atoms with van der Waals surface area (Å²) in [6.07, 6.45) is 0. The molecule has 0 atom stereocenters. The molecule has 0 fully saturated rings. The zero-order valence-electron chi connectivity index (χ0n) is 26.7. The lowest BCUT2D eigenvalue weighted by molar-refractivity contribution is 0.670. The molecule has 0 bridgehead atoms. The summed E-state index contributed by atoms with van der Waals surface area (Å²) in [6.45, 7) is 0. The minimum Gasteiger partial charge on any atom is -0.455 e. The lowest BCUT2D eigenvalue weighted by atomic mass is 10.00. The van der Waals surface area contributed by atoms with Gasteiger partial charge in [0.15, 0.2) is 17.5 Å². The summed E-state index contributed by atoms with van der Waals surface area (Å²) in [5.74, 6) is 1.90. The molecule has 10 aromatic rings. The van der Waals surface area contributed by atoms with E-state index in [4.69, 9.17) is 19.4 Å². The molecule has 0 unspecified atom stereocenters. The summed E-state index contributed by atoms with van der Waals surface area (Å²) < 4.78 is 8.91. The maximum atomic E-state index is 6.33. The Kier molecular flexibility index (Phi) is 6.64. The Hall–Kier alpha value is -6.43. The number of benzene rings is 7. The number of thiophene rings is 1. The molecule has 4 nitrogen and oxygen atoms in total. The van der Waals surface area contributed by atoms with Gasteiger partial charge < -0.3 is 4.42 Å². The Bertz CT molecular complexity index is 2870. The molecule has 3 aromatic heterocycles. The Labute approximate surface area is 292 Å². The number of furan rings is 1. The molecule has 0 aliphatic carbocycles. The molecule has 3 heterocycles. The molecule has 0 N–H and O–H groups in total. The predicted molar refractivity (Wildman–Crippen MR) is 207 cm³/mol. The highest BCUT2D eigenvalue weighted by atomic mass is 32.1.